The number of hydrogen-bond acceptors (Lipinski definition) is 0. The Labute approximate surface area is 221 Å². The van der Waals surface area contributed by atoms with Crippen LogP contribution in [0.2, 0.25) is 12.6 Å². The van der Waals surface area contributed by atoms with Gasteiger partial charge in [-0.25, -0.2) is 0 Å². The van der Waals surface area contributed by atoms with Crippen LogP contribution in [0.1, 0.15) is 48.4 Å². The average molecular weight is 528 g/mol. The second-order valence-electron chi connectivity index (χ2n) is 8.65. The summed E-state index contributed by atoms with van der Waals surface area (Å²) in [5.74, 6) is 0. The molecule has 0 radical (unpaired) electrons. The summed E-state index contributed by atoms with van der Waals surface area (Å²) in [6, 6.07) is 17.2. The van der Waals surface area contributed by atoms with Crippen LogP contribution in [0, 0.1) is 20.8 Å². The first-order valence-corrected chi connectivity index (χ1v) is 14.1. The van der Waals surface area contributed by atoms with Crippen LogP contribution < -0.4 is 42.4 Å². The Morgan fingerprint density at radius 2 is 1.52 bits per heavy atom. The molecule has 0 bridgehead atoms. The van der Waals surface area contributed by atoms with Crippen LogP contribution in [0.5, 0.6) is 0 Å². The maximum Gasteiger partial charge on any atom is -1.00 e. The van der Waals surface area contributed by atoms with Gasteiger partial charge in [0.1, 0.15) is 0 Å². The minimum atomic E-state index is -1.78. The van der Waals surface area contributed by atoms with Gasteiger partial charge in [0.25, 0.3) is 0 Å². The summed E-state index contributed by atoms with van der Waals surface area (Å²) in [5, 5.41) is 3.41. The minimum Gasteiger partial charge on any atom is -1.00 e. The van der Waals surface area contributed by atoms with Gasteiger partial charge in [-0.1, -0.05) is 0 Å². The summed E-state index contributed by atoms with van der Waals surface area (Å²) in [6.45, 7) is 11.9. The molecule has 166 valence electrons. The second-order valence-corrected chi connectivity index (χ2v) is 13.8. The number of rotatable bonds is 7. The molecular weight excluding hydrogens is 495 g/mol. The van der Waals surface area contributed by atoms with Crippen molar-refractivity contribution in [3.63, 3.8) is 0 Å². The van der Waals surface area contributed by atoms with E-state index < -0.39 is 8.07 Å². The summed E-state index contributed by atoms with van der Waals surface area (Å²) in [5.41, 5.74) is 7.48. The Morgan fingerprint density at radius 3 is 2.06 bits per heavy atom. The van der Waals surface area contributed by atoms with E-state index in [-0.39, 0.29) is 37.2 Å². The second kappa shape index (κ2) is 13.4. The zero-order chi connectivity index (χ0) is 20.3. The first-order chi connectivity index (χ1) is 13.4. The van der Waals surface area contributed by atoms with Gasteiger partial charge in [0.2, 0.25) is 0 Å². The Kier molecular flexibility index (Phi) is 13.3. The van der Waals surface area contributed by atoms with Crippen molar-refractivity contribution in [3.05, 3.63) is 85.4 Å². The fourth-order valence-electron chi connectivity index (χ4n) is 5.15. The van der Waals surface area contributed by atoms with Gasteiger partial charge in [-0.05, 0) is 0 Å². The molecule has 0 heterocycles. The van der Waals surface area contributed by atoms with Gasteiger partial charge in [-0.3, -0.25) is 0 Å². The molecule has 31 heavy (non-hydrogen) atoms. The third kappa shape index (κ3) is 6.86. The predicted octanol–water partition coefficient (Wildman–Crippen LogP) is -2.38. The first-order valence-electron chi connectivity index (χ1n) is 10.6. The number of benzene rings is 2. The smallest absolute Gasteiger partial charge is 1.00 e. The van der Waals surface area contributed by atoms with Crippen LogP contribution in [0.15, 0.2) is 63.2 Å². The molecule has 3 rings (SSSR count). The summed E-state index contributed by atoms with van der Waals surface area (Å²) >= 11 is 2.35. The molecule has 2 aromatic carbocycles. The molecular formula is C26H33Cl3SiTi. The van der Waals surface area contributed by atoms with Gasteiger partial charge in [0, 0.05) is 0 Å². The van der Waals surface area contributed by atoms with Crippen LogP contribution >= 0.6 is 0 Å². The van der Waals surface area contributed by atoms with Gasteiger partial charge in [-0.15, -0.1) is 0 Å². The average Bonchev–Trinajstić information content (AvgIpc) is 3.01. The van der Waals surface area contributed by atoms with Crippen molar-refractivity contribution in [2.45, 2.75) is 66.0 Å². The van der Waals surface area contributed by atoms with E-state index in [2.05, 4.69) is 103 Å². The molecule has 0 amide bonds. The minimum absolute atomic E-state index is 0. The van der Waals surface area contributed by atoms with E-state index in [0.29, 0.717) is 0 Å². The molecule has 2 aromatic rings. The van der Waals surface area contributed by atoms with E-state index >= 15 is 0 Å². The fourth-order valence-corrected chi connectivity index (χ4v) is 11.0. The van der Waals surface area contributed by atoms with E-state index in [9.17, 15) is 0 Å². The van der Waals surface area contributed by atoms with E-state index in [1.54, 1.807) is 19.8 Å². The van der Waals surface area contributed by atoms with Crippen molar-refractivity contribution in [3.8, 4) is 0 Å². The van der Waals surface area contributed by atoms with Gasteiger partial charge in [0.15, 0.2) is 0 Å². The molecule has 1 aliphatic rings. The zero-order valence-corrected chi connectivity index (χ0v) is 24.1. The quantitative estimate of drug-likeness (QED) is 0.353. The van der Waals surface area contributed by atoms with Crippen LogP contribution in [-0.4, -0.2) is 8.07 Å². The SMILES string of the molecule is CCCC[Si](C)(C1=CC[C]([Ti+3])=C1Cc1ccccc1)c1c(C)cc(C)cc1C.[Cl-].[Cl-].[Cl-]. The Morgan fingerprint density at radius 1 is 0.935 bits per heavy atom. The van der Waals surface area contributed by atoms with Gasteiger partial charge < -0.3 is 37.2 Å². The van der Waals surface area contributed by atoms with E-state index in [1.807, 2.05) is 0 Å². The normalized spacial score (nSPS) is 14.7. The molecule has 0 fully saturated rings. The molecule has 5 heteroatoms. The molecule has 0 aliphatic heterocycles. The Balaban J connectivity index is 0.00000300. The van der Waals surface area contributed by atoms with Crippen molar-refractivity contribution in [1.82, 2.24) is 0 Å². The molecule has 0 nitrogen and oxygen atoms in total. The van der Waals surface area contributed by atoms with Gasteiger partial charge >= 0.3 is 185 Å². The molecule has 0 aromatic heterocycles. The van der Waals surface area contributed by atoms with Gasteiger partial charge in [0.05, 0.1) is 0 Å². The topological polar surface area (TPSA) is 0 Å². The summed E-state index contributed by atoms with van der Waals surface area (Å²) < 4.78 is 1.58. The number of allylic oxidation sites excluding steroid dienone is 4. The Hall–Kier alpha value is -0.279. The van der Waals surface area contributed by atoms with Crippen molar-refractivity contribution >= 4 is 13.3 Å². The number of aryl methyl sites for hydroxylation is 3. The summed E-state index contributed by atoms with van der Waals surface area (Å²) in [4.78, 5) is 0. The van der Waals surface area contributed by atoms with Crippen LogP contribution in [0.3, 0.4) is 0 Å². The van der Waals surface area contributed by atoms with Crippen molar-refractivity contribution in [2.75, 3.05) is 0 Å². The summed E-state index contributed by atoms with van der Waals surface area (Å²) in [7, 11) is -1.78. The maximum absolute atomic E-state index is 2.64. The van der Waals surface area contributed by atoms with Crippen LogP contribution in [0.4, 0.5) is 0 Å². The summed E-state index contributed by atoms with van der Waals surface area (Å²) in [6.07, 6.45) is 7.41. The van der Waals surface area contributed by atoms with Gasteiger partial charge in [-0.2, -0.15) is 0 Å². The standard InChI is InChI=1S/C26H33Si.3ClH.Ti/c1-6-7-16-27(5,26-21(3)17-20(2)18-22(26)4)25-15-11-14-24(25)19-23-12-9-8-10-13-23;;;;/h8-10,12-13,15,17-18H,6-7,11,16,19H2,1-5H3;3*1H;/q;;;;+3/p-3. The maximum atomic E-state index is 2.64. The third-order valence-electron chi connectivity index (χ3n) is 6.28. The van der Waals surface area contributed by atoms with Crippen molar-refractivity contribution in [1.29, 1.82) is 0 Å². The zero-order valence-electron chi connectivity index (χ0n) is 19.3. The Bertz CT molecular complexity index is 898. The van der Waals surface area contributed by atoms with E-state index in [1.165, 1.54) is 41.1 Å². The molecule has 1 aliphatic carbocycles. The third-order valence-corrected chi connectivity index (χ3v) is 12.0. The van der Waals surface area contributed by atoms with Crippen LogP contribution in [0.25, 0.3) is 0 Å². The van der Waals surface area contributed by atoms with Crippen molar-refractivity contribution in [2.24, 2.45) is 0 Å². The number of hydrogen-bond donors (Lipinski definition) is 0. The largest absolute Gasteiger partial charge is 1.00 e. The fraction of sp³-hybridized carbons (Fsp3) is 0.385. The van der Waals surface area contributed by atoms with E-state index in [0.717, 1.165) is 12.8 Å². The van der Waals surface area contributed by atoms with E-state index in [4.69, 9.17) is 0 Å². The monoisotopic (exact) mass is 526 g/mol. The van der Waals surface area contributed by atoms with Crippen molar-refractivity contribution < 1.29 is 57.7 Å². The molecule has 0 spiro atoms. The molecule has 0 saturated heterocycles. The predicted molar refractivity (Wildman–Crippen MR) is 121 cm³/mol. The first kappa shape index (κ1) is 30.7. The molecule has 1 unspecified atom stereocenters. The number of unbranched alkanes of at least 4 members (excludes halogenated alkanes) is 1. The van der Waals surface area contributed by atoms with Crippen LogP contribution in [-0.2, 0) is 26.9 Å². The number of halogens is 3. The molecule has 1 atom stereocenters. The molecule has 0 saturated carbocycles. The molecule has 0 N–H and O–H groups in total.